The summed E-state index contributed by atoms with van der Waals surface area (Å²) in [4.78, 5) is 11.7. The van der Waals surface area contributed by atoms with Crippen LogP contribution in [-0.4, -0.2) is 23.8 Å². The van der Waals surface area contributed by atoms with Crippen LogP contribution < -0.4 is 9.47 Å². The molecule has 1 N–H and O–H groups in total. The molecule has 0 aliphatic heterocycles. The van der Waals surface area contributed by atoms with E-state index in [1.54, 1.807) is 12.1 Å². The molecule has 0 heterocycles. The van der Waals surface area contributed by atoms with Crippen molar-refractivity contribution in [3.63, 3.8) is 0 Å². The summed E-state index contributed by atoms with van der Waals surface area (Å²) in [6.45, 7) is 2.42. The van der Waals surface area contributed by atoms with E-state index in [1.165, 1.54) is 0 Å². The number of hydrogen-bond acceptors (Lipinski definition) is 3. The summed E-state index contributed by atoms with van der Waals surface area (Å²) in [5.74, 6) is 0.207. The molecule has 0 spiro atoms. The molecule has 0 radical (unpaired) electrons. The van der Waals surface area contributed by atoms with E-state index in [1.807, 2.05) is 73.7 Å². The van der Waals surface area contributed by atoms with Crippen molar-refractivity contribution in [3.05, 3.63) is 84.4 Å². The largest absolute Gasteiger partial charge is 0.494 e. The van der Waals surface area contributed by atoms with Crippen LogP contribution in [0.25, 0.3) is 11.1 Å². The van der Waals surface area contributed by atoms with Gasteiger partial charge in [0.1, 0.15) is 11.5 Å². The van der Waals surface area contributed by atoms with Gasteiger partial charge < -0.3 is 14.6 Å². The lowest BCUT2D eigenvalue weighted by molar-refractivity contribution is -0.145. The predicted molar refractivity (Wildman–Crippen MR) is 105 cm³/mol. The van der Waals surface area contributed by atoms with Crippen LogP contribution in [-0.2, 0) is 11.2 Å². The Labute approximate surface area is 159 Å². The average molecular weight is 362 g/mol. The summed E-state index contributed by atoms with van der Waals surface area (Å²) < 4.78 is 11.3. The second kappa shape index (κ2) is 8.90. The molecule has 0 saturated heterocycles. The molecule has 27 heavy (non-hydrogen) atoms. The molecule has 0 aliphatic rings. The van der Waals surface area contributed by atoms with E-state index >= 15 is 0 Å². The minimum atomic E-state index is -1.01. The second-order valence-electron chi connectivity index (χ2n) is 6.08. The summed E-state index contributed by atoms with van der Waals surface area (Å²) in [5.41, 5.74) is 2.97. The van der Waals surface area contributed by atoms with Gasteiger partial charge in [0.05, 0.1) is 6.61 Å². The van der Waals surface area contributed by atoms with Gasteiger partial charge in [-0.05, 0) is 41.8 Å². The van der Waals surface area contributed by atoms with Crippen LogP contribution in [0.1, 0.15) is 12.5 Å². The SMILES string of the molecule is CCOc1ccccc1C[C@H](Oc1ccc(-c2ccccc2)cc1)C(=O)O. The Morgan fingerprint density at radius 1 is 0.889 bits per heavy atom. The van der Waals surface area contributed by atoms with Gasteiger partial charge in [0.2, 0.25) is 0 Å². The highest BCUT2D eigenvalue weighted by molar-refractivity contribution is 5.73. The van der Waals surface area contributed by atoms with Crippen LogP contribution in [0.4, 0.5) is 0 Å². The first-order valence-electron chi connectivity index (χ1n) is 8.93. The fourth-order valence-electron chi connectivity index (χ4n) is 2.87. The number of carboxylic acids is 1. The van der Waals surface area contributed by atoms with Crippen LogP contribution in [0.5, 0.6) is 11.5 Å². The standard InChI is InChI=1S/C23H22O4/c1-2-26-21-11-7-6-10-19(21)16-22(23(24)25)27-20-14-12-18(13-15-20)17-8-4-3-5-9-17/h3-15,22H,2,16H2,1H3,(H,24,25)/t22-/m0/s1. The Bertz CT molecular complexity index is 872. The molecule has 1 atom stereocenters. The molecule has 0 fully saturated rings. The highest BCUT2D eigenvalue weighted by Gasteiger charge is 2.22. The lowest BCUT2D eigenvalue weighted by Crippen LogP contribution is -2.29. The number of para-hydroxylation sites is 1. The van der Waals surface area contributed by atoms with Crippen molar-refractivity contribution in [2.24, 2.45) is 0 Å². The van der Waals surface area contributed by atoms with Crippen molar-refractivity contribution in [1.29, 1.82) is 0 Å². The summed E-state index contributed by atoms with van der Waals surface area (Å²) in [6.07, 6.45) is -0.763. The number of rotatable bonds is 8. The van der Waals surface area contributed by atoms with E-state index in [0.717, 1.165) is 16.7 Å². The number of carbonyl (C=O) groups is 1. The number of aliphatic carboxylic acids is 1. The van der Waals surface area contributed by atoms with Crippen molar-refractivity contribution in [3.8, 4) is 22.6 Å². The summed E-state index contributed by atoms with van der Waals surface area (Å²) in [6, 6.07) is 24.9. The highest BCUT2D eigenvalue weighted by Crippen LogP contribution is 2.25. The fourth-order valence-corrected chi connectivity index (χ4v) is 2.87. The van der Waals surface area contributed by atoms with E-state index in [-0.39, 0.29) is 6.42 Å². The van der Waals surface area contributed by atoms with Gasteiger partial charge in [-0.15, -0.1) is 0 Å². The van der Waals surface area contributed by atoms with Crippen molar-refractivity contribution in [2.45, 2.75) is 19.4 Å². The maximum absolute atomic E-state index is 11.7. The first-order valence-corrected chi connectivity index (χ1v) is 8.93. The molecule has 4 heteroatoms. The van der Waals surface area contributed by atoms with Gasteiger partial charge in [0.25, 0.3) is 0 Å². The van der Waals surface area contributed by atoms with Gasteiger partial charge >= 0.3 is 5.97 Å². The van der Waals surface area contributed by atoms with E-state index in [0.29, 0.717) is 18.1 Å². The molecule has 3 aromatic rings. The van der Waals surface area contributed by atoms with Gasteiger partial charge in [-0.3, -0.25) is 0 Å². The van der Waals surface area contributed by atoms with Gasteiger partial charge in [0, 0.05) is 6.42 Å². The average Bonchev–Trinajstić information content (AvgIpc) is 2.70. The first kappa shape index (κ1) is 18.5. The third-order valence-electron chi connectivity index (χ3n) is 4.19. The van der Waals surface area contributed by atoms with Gasteiger partial charge in [0.15, 0.2) is 6.10 Å². The lowest BCUT2D eigenvalue weighted by atomic mass is 10.1. The predicted octanol–water partition coefficient (Wildman–Crippen LogP) is 4.83. The molecule has 0 amide bonds. The molecule has 0 aromatic heterocycles. The zero-order valence-electron chi connectivity index (χ0n) is 15.2. The minimum Gasteiger partial charge on any atom is -0.494 e. The molecular weight excluding hydrogens is 340 g/mol. The van der Waals surface area contributed by atoms with Crippen LogP contribution in [0.15, 0.2) is 78.9 Å². The molecule has 4 nitrogen and oxygen atoms in total. The zero-order chi connectivity index (χ0) is 19.1. The molecule has 0 unspecified atom stereocenters. The van der Waals surface area contributed by atoms with E-state index < -0.39 is 12.1 Å². The normalized spacial score (nSPS) is 11.6. The van der Waals surface area contributed by atoms with Crippen molar-refractivity contribution in [1.82, 2.24) is 0 Å². The molecule has 0 bridgehead atoms. The van der Waals surface area contributed by atoms with Crippen molar-refractivity contribution >= 4 is 5.97 Å². The second-order valence-corrected chi connectivity index (χ2v) is 6.08. The number of ether oxygens (including phenoxy) is 2. The fraction of sp³-hybridized carbons (Fsp3) is 0.174. The first-order chi connectivity index (χ1) is 13.2. The molecular formula is C23H22O4. The zero-order valence-corrected chi connectivity index (χ0v) is 15.2. The van der Waals surface area contributed by atoms with Crippen LogP contribution >= 0.6 is 0 Å². The maximum Gasteiger partial charge on any atom is 0.345 e. The van der Waals surface area contributed by atoms with Crippen LogP contribution in [0.2, 0.25) is 0 Å². The van der Waals surface area contributed by atoms with E-state index in [4.69, 9.17) is 9.47 Å². The van der Waals surface area contributed by atoms with E-state index in [2.05, 4.69) is 0 Å². The Morgan fingerprint density at radius 3 is 2.19 bits per heavy atom. The van der Waals surface area contributed by atoms with Crippen LogP contribution in [0.3, 0.4) is 0 Å². The van der Waals surface area contributed by atoms with E-state index in [9.17, 15) is 9.90 Å². The number of benzene rings is 3. The lowest BCUT2D eigenvalue weighted by Gasteiger charge is -2.17. The quantitative estimate of drug-likeness (QED) is 0.624. The molecule has 0 saturated carbocycles. The Kier molecular flexibility index (Phi) is 6.10. The van der Waals surface area contributed by atoms with Gasteiger partial charge in [-0.25, -0.2) is 4.79 Å². The van der Waals surface area contributed by atoms with Crippen molar-refractivity contribution < 1.29 is 19.4 Å². The minimum absolute atomic E-state index is 0.228. The summed E-state index contributed by atoms with van der Waals surface area (Å²) >= 11 is 0. The topological polar surface area (TPSA) is 55.8 Å². The van der Waals surface area contributed by atoms with Crippen molar-refractivity contribution in [2.75, 3.05) is 6.61 Å². The molecule has 3 rings (SSSR count). The molecule has 0 aliphatic carbocycles. The summed E-state index contributed by atoms with van der Waals surface area (Å²) in [5, 5.41) is 9.58. The molecule has 138 valence electrons. The Balaban J connectivity index is 1.74. The Morgan fingerprint density at radius 2 is 1.52 bits per heavy atom. The monoisotopic (exact) mass is 362 g/mol. The number of hydrogen-bond donors (Lipinski definition) is 1. The molecule has 3 aromatic carbocycles. The smallest absolute Gasteiger partial charge is 0.345 e. The summed E-state index contributed by atoms with van der Waals surface area (Å²) in [7, 11) is 0. The third-order valence-corrected chi connectivity index (χ3v) is 4.19. The maximum atomic E-state index is 11.7. The van der Waals surface area contributed by atoms with Gasteiger partial charge in [-0.2, -0.15) is 0 Å². The Hall–Kier alpha value is -3.27. The number of carboxylic acid groups (broad SMARTS) is 1. The highest BCUT2D eigenvalue weighted by atomic mass is 16.5. The third kappa shape index (κ3) is 4.88. The van der Waals surface area contributed by atoms with Gasteiger partial charge in [-0.1, -0.05) is 60.7 Å². The van der Waals surface area contributed by atoms with Crippen LogP contribution in [0, 0.1) is 0 Å².